The van der Waals surface area contributed by atoms with Crippen molar-refractivity contribution in [2.45, 2.75) is 57.5 Å². The van der Waals surface area contributed by atoms with E-state index in [1.807, 2.05) is 0 Å². The Morgan fingerprint density at radius 2 is 1.93 bits per heavy atom. The summed E-state index contributed by atoms with van der Waals surface area (Å²) in [5.74, 6) is 0.997. The average Bonchev–Trinajstić information content (AvgIpc) is 2.70. The Kier molecular flexibility index (Phi) is 3.45. The van der Waals surface area contributed by atoms with Crippen LogP contribution in [0.1, 0.15) is 45.4 Å². The second-order valence-electron chi connectivity index (χ2n) is 5.23. The number of hydrogen-bond donors (Lipinski definition) is 1. The maximum Gasteiger partial charge on any atom is 0.0139 e. The molecule has 1 aliphatic heterocycles. The van der Waals surface area contributed by atoms with E-state index in [2.05, 4.69) is 11.8 Å². The molecule has 1 aliphatic carbocycles. The lowest BCUT2D eigenvalue weighted by atomic mass is 9.96. The predicted octanol–water partition coefficient (Wildman–Crippen LogP) is 1.99. The number of nitrogens with two attached hydrogens (primary N) is 1. The van der Waals surface area contributed by atoms with Crippen LogP contribution in [0.4, 0.5) is 0 Å². The third-order valence-corrected chi connectivity index (χ3v) is 3.88. The van der Waals surface area contributed by atoms with Gasteiger partial charge < -0.3 is 5.73 Å². The van der Waals surface area contributed by atoms with Crippen LogP contribution in [-0.4, -0.2) is 30.1 Å². The molecule has 1 heterocycles. The Hall–Kier alpha value is -0.0800. The van der Waals surface area contributed by atoms with Gasteiger partial charge in [-0.1, -0.05) is 12.8 Å². The molecule has 0 aromatic heterocycles. The summed E-state index contributed by atoms with van der Waals surface area (Å²) in [6.45, 7) is 4.54. The summed E-state index contributed by atoms with van der Waals surface area (Å²) in [4.78, 5) is 2.65. The molecule has 2 fully saturated rings. The van der Waals surface area contributed by atoms with Crippen LogP contribution < -0.4 is 5.73 Å². The van der Waals surface area contributed by atoms with Crippen LogP contribution >= 0.6 is 0 Å². The molecule has 0 spiro atoms. The normalized spacial score (nSPS) is 32.6. The fraction of sp³-hybridized carbons (Fsp3) is 1.00. The predicted molar refractivity (Wildman–Crippen MR) is 60.2 cm³/mol. The van der Waals surface area contributed by atoms with Crippen LogP contribution in [0.3, 0.4) is 0 Å². The SMILES string of the molecule is C[C@@H](N)CN1CCCC1C1CCCC1. The Balaban J connectivity index is 1.89. The van der Waals surface area contributed by atoms with Crippen molar-refractivity contribution in [3.05, 3.63) is 0 Å². The molecule has 0 aromatic rings. The highest BCUT2D eigenvalue weighted by Gasteiger charge is 2.33. The molecule has 2 N–H and O–H groups in total. The molecular weight excluding hydrogens is 172 g/mol. The zero-order valence-electron chi connectivity index (χ0n) is 9.41. The van der Waals surface area contributed by atoms with E-state index in [4.69, 9.17) is 5.73 Å². The summed E-state index contributed by atoms with van der Waals surface area (Å²) in [7, 11) is 0. The first-order valence-corrected chi connectivity index (χ1v) is 6.27. The fourth-order valence-corrected chi connectivity index (χ4v) is 3.32. The average molecular weight is 196 g/mol. The second kappa shape index (κ2) is 4.63. The Morgan fingerprint density at radius 3 is 2.57 bits per heavy atom. The molecule has 2 rings (SSSR count). The number of hydrogen-bond acceptors (Lipinski definition) is 2. The monoisotopic (exact) mass is 196 g/mol. The van der Waals surface area contributed by atoms with Crippen molar-refractivity contribution in [1.29, 1.82) is 0 Å². The van der Waals surface area contributed by atoms with E-state index in [-0.39, 0.29) is 0 Å². The number of nitrogens with zero attached hydrogens (tertiary/aromatic N) is 1. The number of likely N-dealkylation sites (tertiary alicyclic amines) is 1. The lowest BCUT2D eigenvalue weighted by Gasteiger charge is -2.30. The molecule has 2 nitrogen and oxygen atoms in total. The maximum atomic E-state index is 5.89. The van der Waals surface area contributed by atoms with Crippen molar-refractivity contribution < 1.29 is 0 Å². The van der Waals surface area contributed by atoms with Gasteiger partial charge in [0.15, 0.2) is 0 Å². The van der Waals surface area contributed by atoms with Gasteiger partial charge in [0.05, 0.1) is 0 Å². The lowest BCUT2D eigenvalue weighted by Crippen LogP contribution is -2.41. The molecule has 82 valence electrons. The molecule has 2 atom stereocenters. The third-order valence-electron chi connectivity index (χ3n) is 3.88. The minimum Gasteiger partial charge on any atom is -0.327 e. The van der Waals surface area contributed by atoms with Crippen LogP contribution in [0, 0.1) is 5.92 Å². The van der Waals surface area contributed by atoms with Crippen molar-refractivity contribution in [1.82, 2.24) is 4.90 Å². The van der Waals surface area contributed by atoms with Gasteiger partial charge in [0.25, 0.3) is 0 Å². The van der Waals surface area contributed by atoms with E-state index >= 15 is 0 Å². The van der Waals surface area contributed by atoms with Gasteiger partial charge in [-0.15, -0.1) is 0 Å². The summed E-state index contributed by atoms with van der Waals surface area (Å²) in [5.41, 5.74) is 5.89. The van der Waals surface area contributed by atoms with E-state index in [9.17, 15) is 0 Å². The van der Waals surface area contributed by atoms with Crippen molar-refractivity contribution in [2.24, 2.45) is 11.7 Å². The van der Waals surface area contributed by atoms with Gasteiger partial charge in [-0.05, 0) is 45.1 Å². The summed E-state index contributed by atoms with van der Waals surface area (Å²) in [6, 6.07) is 1.22. The van der Waals surface area contributed by atoms with E-state index < -0.39 is 0 Å². The van der Waals surface area contributed by atoms with Crippen LogP contribution in [0.5, 0.6) is 0 Å². The Labute approximate surface area is 87.8 Å². The van der Waals surface area contributed by atoms with Crippen LogP contribution in [-0.2, 0) is 0 Å². The van der Waals surface area contributed by atoms with Gasteiger partial charge in [0.1, 0.15) is 0 Å². The van der Waals surface area contributed by atoms with Crippen LogP contribution in [0.2, 0.25) is 0 Å². The largest absolute Gasteiger partial charge is 0.327 e. The molecule has 14 heavy (non-hydrogen) atoms. The minimum absolute atomic E-state index is 0.344. The molecule has 0 radical (unpaired) electrons. The topological polar surface area (TPSA) is 29.3 Å². The molecule has 2 heteroatoms. The van der Waals surface area contributed by atoms with Crippen LogP contribution in [0.15, 0.2) is 0 Å². The van der Waals surface area contributed by atoms with Crippen molar-refractivity contribution in [3.8, 4) is 0 Å². The first-order valence-electron chi connectivity index (χ1n) is 6.27. The smallest absolute Gasteiger partial charge is 0.0139 e. The van der Waals surface area contributed by atoms with E-state index in [1.54, 1.807) is 0 Å². The summed E-state index contributed by atoms with van der Waals surface area (Å²) >= 11 is 0. The van der Waals surface area contributed by atoms with Gasteiger partial charge in [-0.25, -0.2) is 0 Å². The summed E-state index contributed by atoms with van der Waals surface area (Å²) < 4.78 is 0. The quantitative estimate of drug-likeness (QED) is 0.748. The highest BCUT2D eigenvalue weighted by atomic mass is 15.2. The van der Waals surface area contributed by atoms with Gasteiger partial charge in [-0.2, -0.15) is 0 Å². The van der Waals surface area contributed by atoms with E-state index in [0.29, 0.717) is 6.04 Å². The third kappa shape index (κ3) is 2.29. The van der Waals surface area contributed by atoms with E-state index in [0.717, 1.165) is 18.5 Å². The second-order valence-corrected chi connectivity index (χ2v) is 5.23. The van der Waals surface area contributed by atoms with Crippen molar-refractivity contribution in [3.63, 3.8) is 0 Å². The summed E-state index contributed by atoms with van der Waals surface area (Å²) in [5, 5.41) is 0. The van der Waals surface area contributed by atoms with Gasteiger partial charge in [-0.3, -0.25) is 4.90 Å². The van der Waals surface area contributed by atoms with Gasteiger partial charge in [0, 0.05) is 18.6 Å². The maximum absolute atomic E-state index is 5.89. The zero-order valence-corrected chi connectivity index (χ0v) is 9.41. The lowest BCUT2D eigenvalue weighted by molar-refractivity contribution is 0.183. The Morgan fingerprint density at radius 1 is 1.21 bits per heavy atom. The van der Waals surface area contributed by atoms with Crippen molar-refractivity contribution >= 4 is 0 Å². The van der Waals surface area contributed by atoms with Crippen LogP contribution in [0.25, 0.3) is 0 Å². The molecule has 1 unspecified atom stereocenters. The Bertz CT molecular complexity index is 173. The van der Waals surface area contributed by atoms with E-state index in [1.165, 1.54) is 45.1 Å². The molecule has 0 aromatic carbocycles. The number of rotatable bonds is 3. The molecule has 1 saturated carbocycles. The van der Waals surface area contributed by atoms with Crippen molar-refractivity contribution in [2.75, 3.05) is 13.1 Å². The standard InChI is InChI=1S/C12H24N2/c1-10(13)9-14-8-4-7-12(14)11-5-2-3-6-11/h10-12H,2-9,13H2,1H3/t10-,12?/m1/s1. The fourth-order valence-electron chi connectivity index (χ4n) is 3.32. The van der Waals surface area contributed by atoms with Gasteiger partial charge >= 0.3 is 0 Å². The summed E-state index contributed by atoms with van der Waals surface area (Å²) in [6.07, 6.45) is 8.70. The van der Waals surface area contributed by atoms with Gasteiger partial charge in [0.2, 0.25) is 0 Å². The molecule has 1 saturated heterocycles. The molecular formula is C12H24N2. The zero-order chi connectivity index (χ0) is 9.97. The minimum atomic E-state index is 0.344. The first kappa shape index (κ1) is 10.4. The molecule has 0 bridgehead atoms. The highest BCUT2D eigenvalue weighted by molar-refractivity contribution is 4.88. The molecule has 0 amide bonds. The first-order chi connectivity index (χ1) is 6.77. The highest BCUT2D eigenvalue weighted by Crippen LogP contribution is 2.35. The molecule has 2 aliphatic rings.